The highest BCUT2D eigenvalue weighted by molar-refractivity contribution is 14.1. The largest absolute Gasteiger partial charge is 0.337 e. The molecule has 1 unspecified atom stereocenters. The van der Waals surface area contributed by atoms with Gasteiger partial charge in [-0.1, -0.05) is 6.07 Å². The van der Waals surface area contributed by atoms with Crippen LogP contribution in [0.15, 0.2) is 18.2 Å². The van der Waals surface area contributed by atoms with E-state index in [0.717, 1.165) is 40.6 Å². The predicted octanol–water partition coefficient (Wildman–Crippen LogP) is 2.42. The number of carbonyl (C=O) groups excluding carboxylic acids is 1. The fourth-order valence-corrected chi connectivity index (χ4v) is 2.90. The first-order valence-corrected chi connectivity index (χ1v) is 7.43. The first-order chi connectivity index (χ1) is 8.63. The van der Waals surface area contributed by atoms with Crippen molar-refractivity contribution in [3.05, 3.63) is 32.9 Å². The first-order valence-electron chi connectivity index (χ1n) is 6.35. The van der Waals surface area contributed by atoms with Crippen LogP contribution in [0.3, 0.4) is 0 Å². The van der Waals surface area contributed by atoms with Gasteiger partial charge < -0.3 is 10.2 Å². The smallest absolute Gasteiger partial charge is 0.254 e. The number of hydrogen-bond donors (Lipinski definition) is 1. The van der Waals surface area contributed by atoms with E-state index in [4.69, 9.17) is 0 Å². The Balaban J connectivity index is 2.18. The van der Waals surface area contributed by atoms with Crippen molar-refractivity contribution in [2.45, 2.75) is 25.8 Å². The number of nitrogens with zero attached hydrogens (tertiary/aromatic N) is 1. The maximum absolute atomic E-state index is 12.5. The van der Waals surface area contributed by atoms with Gasteiger partial charge in [-0.15, -0.1) is 0 Å². The number of piperidine rings is 1. The predicted molar refractivity (Wildman–Crippen MR) is 81.9 cm³/mol. The molecule has 0 aliphatic carbocycles. The number of carbonyl (C=O) groups is 1. The molecule has 1 saturated heterocycles. The number of rotatable bonds is 2. The van der Waals surface area contributed by atoms with Gasteiger partial charge >= 0.3 is 0 Å². The molecule has 0 saturated carbocycles. The molecule has 18 heavy (non-hydrogen) atoms. The minimum absolute atomic E-state index is 0.172. The molecule has 0 bridgehead atoms. The average molecular weight is 358 g/mol. The van der Waals surface area contributed by atoms with Crippen LogP contribution in [0.2, 0.25) is 0 Å². The lowest BCUT2D eigenvalue weighted by atomic mass is 10.0. The number of likely N-dealkylation sites (N-methyl/N-ethyl adjacent to an activating group) is 1. The summed E-state index contributed by atoms with van der Waals surface area (Å²) in [7, 11) is 1.97. The van der Waals surface area contributed by atoms with Crippen LogP contribution < -0.4 is 5.32 Å². The minimum atomic E-state index is 0.172. The van der Waals surface area contributed by atoms with Gasteiger partial charge in [-0.3, -0.25) is 4.79 Å². The zero-order valence-electron chi connectivity index (χ0n) is 10.9. The summed E-state index contributed by atoms with van der Waals surface area (Å²) in [5.74, 6) is 0.172. The fourth-order valence-electron chi connectivity index (χ4n) is 2.41. The molecule has 1 aromatic carbocycles. The van der Waals surface area contributed by atoms with Gasteiger partial charge in [0.1, 0.15) is 0 Å². The molecule has 0 spiro atoms. The van der Waals surface area contributed by atoms with Crippen molar-refractivity contribution >= 4 is 28.5 Å². The molecule has 0 aromatic heterocycles. The van der Waals surface area contributed by atoms with E-state index in [9.17, 15) is 4.79 Å². The number of likely N-dealkylation sites (tertiary alicyclic amines) is 1. The molecule has 0 radical (unpaired) electrons. The third-order valence-corrected chi connectivity index (χ3v) is 4.78. The van der Waals surface area contributed by atoms with Crippen LogP contribution in [0.1, 0.15) is 28.8 Å². The van der Waals surface area contributed by atoms with Crippen LogP contribution in [-0.4, -0.2) is 37.0 Å². The molecule has 1 N–H and O–H groups in total. The van der Waals surface area contributed by atoms with Crippen LogP contribution in [-0.2, 0) is 0 Å². The van der Waals surface area contributed by atoms with Crippen LogP contribution in [0.25, 0.3) is 0 Å². The monoisotopic (exact) mass is 358 g/mol. The Labute approximate surface area is 122 Å². The summed E-state index contributed by atoms with van der Waals surface area (Å²) in [6.07, 6.45) is 2.24. The highest BCUT2D eigenvalue weighted by atomic mass is 127. The van der Waals surface area contributed by atoms with E-state index >= 15 is 0 Å². The molecule has 4 heteroatoms. The Bertz CT molecular complexity index is 447. The normalized spacial score (nSPS) is 19.9. The minimum Gasteiger partial charge on any atom is -0.337 e. The molecule has 1 atom stereocenters. The van der Waals surface area contributed by atoms with Gasteiger partial charge in [0.25, 0.3) is 5.91 Å². The highest BCUT2D eigenvalue weighted by Gasteiger charge is 2.24. The second-order valence-corrected chi connectivity index (χ2v) is 5.95. The standard InChI is InChI=1S/C14H19IN2O/c1-10-12(6-3-7-13(10)15)14(18)17-8-4-5-11(9-17)16-2/h3,6-7,11,16H,4-5,8-9H2,1-2H3. The van der Waals surface area contributed by atoms with E-state index in [-0.39, 0.29) is 5.91 Å². The van der Waals surface area contributed by atoms with Crippen molar-refractivity contribution in [2.75, 3.05) is 20.1 Å². The van der Waals surface area contributed by atoms with E-state index in [2.05, 4.69) is 27.9 Å². The Morgan fingerprint density at radius 3 is 3.00 bits per heavy atom. The maximum atomic E-state index is 12.5. The maximum Gasteiger partial charge on any atom is 0.254 e. The lowest BCUT2D eigenvalue weighted by Gasteiger charge is -2.33. The molecule has 1 aliphatic rings. The molecular weight excluding hydrogens is 339 g/mol. The molecule has 1 amide bonds. The third kappa shape index (κ3) is 2.85. The second kappa shape index (κ2) is 6.02. The van der Waals surface area contributed by atoms with Gasteiger partial charge in [0.15, 0.2) is 0 Å². The summed E-state index contributed by atoms with van der Waals surface area (Å²) in [4.78, 5) is 14.5. The van der Waals surface area contributed by atoms with Crippen LogP contribution in [0.4, 0.5) is 0 Å². The number of nitrogens with one attached hydrogen (secondary N) is 1. The summed E-state index contributed by atoms with van der Waals surface area (Å²) in [5.41, 5.74) is 1.94. The zero-order chi connectivity index (χ0) is 13.1. The summed E-state index contributed by atoms with van der Waals surface area (Å²) in [5, 5.41) is 3.27. The van der Waals surface area contributed by atoms with Crippen LogP contribution in [0, 0.1) is 10.5 Å². The number of halogens is 1. The number of amides is 1. The molecule has 2 rings (SSSR count). The van der Waals surface area contributed by atoms with Gasteiger partial charge in [0, 0.05) is 28.3 Å². The number of benzene rings is 1. The summed E-state index contributed by atoms with van der Waals surface area (Å²) >= 11 is 2.28. The van der Waals surface area contributed by atoms with Crippen molar-refractivity contribution in [3.63, 3.8) is 0 Å². The van der Waals surface area contributed by atoms with Crippen molar-refractivity contribution in [2.24, 2.45) is 0 Å². The van der Waals surface area contributed by atoms with E-state index in [1.165, 1.54) is 0 Å². The van der Waals surface area contributed by atoms with E-state index in [0.29, 0.717) is 6.04 Å². The van der Waals surface area contributed by atoms with E-state index in [1.54, 1.807) is 0 Å². The SMILES string of the molecule is CNC1CCCN(C(=O)c2cccc(I)c2C)C1. The molecular formula is C14H19IN2O. The van der Waals surface area contributed by atoms with Crippen LogP contribution >= 0.6 is 22.6 Å². The van der Waals surface area contributed by atoms with E-state index in [1.807, 2.05) is 37.1 Å². The second-order valence-electron chi connectivity index (χ2n) is 4.79. The molecule has 1 aromatic rings. The van der Waals surface area contributed by atoms with Crippen molar-refractivity contribution in [1.82, 2.24) is 10.2 Å². The first kappa shape index (κ1) is 13.8. The molecule has 98 valence electrons. The molecule has 1 aliphatic heterocycles. The van der Waals surface area contributed by atoms with Gasteiger partial charge in [-0.05, 0) is 67.1 Å². The van der Waals surface area contributed by atoms with Gasteiger partial charge in [0.2, 0.25) is 0 Å². The average Bonchev–Trinajstić information content (AvgIpc) is 2.41. The summed E-state index contributed by atoms with van der Waals surface area (Å²) in [6, 6.07) is 6.37. The summed E-state index contributed by atoms with van der Waals surface area (Å²) < 4.78 is 1.15. The summed E-state index contributed by atoms with van der Waals surface area (Å²) in [6.45, 7) is 3.72. The zero-order valence-corrected chi connectivity index (χ0v) is 13.0. The molecule has 1 heterocycles. The molecule has 3 nitrogen and oxygen atoms in total. The molecule has 1 fully saturated rings. The van der Waals surface area contributed by atoms with E-state index < -0.39 is 0 Å². The lowest BCUT2D eigenvalue weighted by Crippen LogP contribution is -2.47. The van der Waals surface area contributed by atoms with Gasteiger partial charge in [0.05, 0.1) is 0 Å². The van der Waals surface area contributed by atoms with Crippen molar-refractivity contribution in [3.8, 4) is 0 Å². The Morgan fingerprint density at radius 2 is 2.28 bits per heavy atom. The Kier molecular flexibility index (Phi) is 4.61. The van der Waals surface area contributed by atoms with Crippen molar-refractivity contribution in [1.29, 1.82) is 0 Å². The topological polar surface area (TPSA) is 32.3 Å². The lowest BCUT2D eigenvalue weighted by molar-refractivity contribution is 0.0697. The Hall–Kier alpha value is -0.620. The van der Waals surface area contributed by atoms with Gasteiger partial charge in [-0.25, -0.2) is 0 Å². The Morgan fingerprint density at radius 1 is 1.50 bits per heavy atom. The number of hydrogen-bond acceptors (Lipinski definition) is 2. The highest BCUT2D eigenvalue weighted by Crippen LogP contribution is 2.19. The van der Waals surface area contributed by atoms with Crippen molar-refractivity contribution < 1.29 is 4.79 Å². The fraction of sp³-hybridized carbons (Fsp3) is 0.500. The quantitative estimate of drug-likeness (QED) is 0.824. The third-order valence-electron chi connectivity index (χ3n) is 3.61. The van der Waals surface area contributed by atoms with Crippen LogP contribution in [0.5, 0.6) is 0 Å². The van der Waals surface area contributed by atoms with Gasteiger partial charge in [-0.2, -0.15) is 0 Å².